The van der Waals surface area contributed by atoms with Crippen LogP contribution in [-0.4, -0.2) is 28.1 Å². The Bertz CT molecular complexity index is 548. The van der Waals surface area contributed by atoms with Gasteiger partial charge in [0.2, 0.25) is 0 Å². The van der Waals surface area contributed by atoms with Gasteiger partial charge in [0, 0.05) is 29.7 Å². The van der Waals surface area contributed by atoms with Gasteiger partial charge in [-0.15, -0.1) is 11.3 Å². The van der Waals surface area contributed by atoms with Crippen LogP contribution in [0.15, 0.2) is 35.8 Å². The monoisotopic (exact) mass is 308 g/mol. The summed E-state index contributed by atoms with van der Waals surface area (Å²) in [4.78, 5) is 6.66. The summed E-state index contributed by atoms with van der Waals surface area (Å²) in [5.74, 6) is 0. The smallest absolute Gasteiger partial charge is 0.107 e. The van der Waals surface area contributed by atoms with Crippen LogP contribution < -0.4 is 0 Å². The van der Waals surface area contributed by atoms with Crippen LogP contribution in [-0.2, 0) is 12.1 Å². The Kier molecular flexibility index (Phi) is 4.08. The van der Waals surface area contributed by atoms with Crippen LogP contribution in [0.2, 0.25) is 5.02 Å². The molecule has 3 nitrogen and oxygen atoms in total. The number of nitrogens with zero attached hydrogens (tertiary/aromatic N) is 2. The second kappa shape index (κ2) is 5.82. The normalized spacial score (nSPS) is 19.1. The van der Waals surface area contributed by atoms with Gasteiger partial charge < -0.3 is 5.11 Å². The minimum Gasteiger partial charge on any atom is -0.385 e. The van der Waals surface area contributed by atoms with Crippen LogP contribution in [0.4, 0.5) is 0 Å². The van der Waals surface area contributed by atoms with E-state index in [0.717, 1.165) is 43.0 Å². The van der Waals surface area contributed by atoms with Crippen LogP contribution in [0.25, 0.3) is 0 Å². The Morgan fingerprint density at radius 1 is 1.25 bits per heavy atom. The number of rotatable bonds is 3. The molecule has 0 bridgehead atoms. The summed E-state index contributed by atoms with van der Waals surface area (Å²) in [5.41, 5.74) is 0.250. The lowest BCUT2D eigenvalue weighted by Crippen LogP contribution is -2.42. The van der Waals surface area contributed by atoms with Gasteiger partial charge in [-0.3, -0.25) is 4.90 Å². The highest BCUT2D eigenvalue weighted by Crippen LogP contribution is 2.33. The van der Waals surface area contributed by atoms with Crippen molar-refractivity contribution >= 4 is 22.9 Å². The van der Waals surface area contributed by atoms with E-state index in [2.05, 4.69) is 9.88 Å². The molecule has 0 radical (unpaired) electrons. The quantitative estimate of drug-likeness (QED) is 0.945. The first kappa shape index (κ1) is 14.0. The van der Waals surface area contributed by atoms with Crippen LogP contribution in [0, 0.1) is 0 Å². The summed E-state index contributed by atoms with van der Waals surface area (Å²) in [6.07, 6.45) is 3.34. The van der Waals surface area contributed by atoms with Gasteiger partial charge in [0.05, 0.1) is 12.1 Å². The molecule has 106 valence electrons. The molecule has 20 heavy (non-hydrogen) atoms. The Hall–Kier alpha value is -0.940. The van der Waals surface area contributed by atoms with Crippen molar-refractivity contribution in [2.75, 3.05) is 13.1 Å². The minimum atomic E-state index is -0.718. The van der Waals surface area contributed by atoms with E-state index in [0.29, 0.717) is 5.02 Å². The fourth-order valence-corrected chi connectivity index (χ4v) is 3.44. The second-order valence-electron chi connectivity index (χ2n) is 5.24. The molecule has 1 aliphatic heterocycles. The standard InChI is InChI=1S/C15H17ClN2OS/c16-13-3-1-12(2-4-13)15(19)5-8-18(9-6-15)11-14-17-7-10-20-14/h1-4,7,10,19H,5-6,8-9,11H2. The van der Waals surface area contributed by atoms with Gasteiger partial charge in [-0.05, 0) is 30.5 Å². The number of thiazole rings is 1. The topological polar surface area (TPSA) is 36.4 Å². The van der Waals surface area contributed by atoms with E-state index >= 15 is 0 Å². The summed E-state index contributed by atoms with van der Waals surface area (Å²) in [6, 6.07) is 7.55. The third-order valence-corrected chi connectivity index (χ3v) is 4.92. The van der Waals surface area contributed by atoms with Gasteiger partial charge in [0.1, 0.15) is 5.01 Å². The number of aliphatic hydroxyl groups is 1. The summed E-state index contributed by atoms with van der Waals surface area (Å²) >= 11 is 7.59. The van der Waals surface area contributed by atoms with Gasteiger partial charge in [-0.1, -0.05) is 23.7 Å². The Labute approximate surface area is 127 Å². The van der Waals surface area contributed by atoms with Crippen molar-refractivity contribution < 1.29 is 5.11 Å². The molecular formula is C15H17ClN2OS. The first-order valence-electron chi connectivity index (χ1n) is 6.75. The number of benzene rings is 1. The molecule has 5 heteroatoms. The molecule has 1 N–H and O–H groups in total. The average molecular weight is 309 g/mol. The van der Waals surface area contributed by atoms with Crippen molar-refractivity contribution in [1.82, 2.24) is 9.88 Å². The summed E-state index contributed by atoms with van der Waals surface area (Å²) in [6.45, 7) is 2.66. The third-order valence-electron chi connectivity index (χ3n) is 3.91. The number of halogens is 1. The number of likely N-dealkylation sites (tertiary alicyclic amines) is 1. The van der Waals surface area contributed by atoms with E-state index < -0.39 is 5.60 Å². The summed E-state index contributed by atoms with van der Waals surface area (Å²) in [5, 5.41) is 14.6. The lowest BCUT2D eigenvalue weighted by atomic mass is 9.84. The first-order chi connectivity index (χ1) is 9.66. The number of piperidine rings is 1. The zero-order chi connectivity index (χ0) is 14.0. The molecule has 2 aromatic rings. The molecule has 1 fully saturated rings. The number of hydrogen-bond acceptors (Lipinski definition) is 4. The summed E-state index contributed by atoms with van der Waals surface area (Å²) in [7, 11) is 0. The van der Waals surface area contributed by atoms with Gasteiger partial charge in [-0.2, -0.15) is 0 Å². The van der Waals surface area contributed by atoms with Crippen molar-refractivity contribution in [2.45, 2.75) is 25.0 Å². The fourth-order valence-electron chi connectivity index (χ4n) is 2.65. The fraction of sp³-hybridized carbons (Fsp3) is 0.400. The summed E-state index contributed by atoms with van der Waals surface area (Å²) < 4.78 is 0. The van der Waals surface area contributed by atoms with E-state index in [1.54, 1.807) is 11.3 Å². The van der Waals surface area contributed by atoms with Crippen LogP contribution in [0.1, 0.15) is 23.4 Å². The van der Waals surface area contributed by atoms with Gasteiger partial charge in [0.15, 0.2) is 0 Å². The van der Waals surface area contributed by atoms with Gasteiger partial charge in [0.25, 0.3) is 0 Å². The van der Waals surface area contributed by atoms with Crippen LogP contribution >= 0.6 is 22.9 Å². The maximum Gasteiger partial charge on any atom is 0.107 e. The van der Waals surface area contributed by atoms with Crippen LogP contribution in [0.3, 0.4) is 0 Å². The molecular weight excluding hydrogens is 292 g/mol. The second-order valence-corrected chi connectivity index (χ2v) is 6.66. The minimum absolute atomic E-state index is 0.707. The molecule has 0 amide bonds. The van der Waals surface area contributed by atoms with Gasteiger partial charge >= 0.3 is 0 Å². The van der Waals surface area contributed by atoms with E-state index in [9.17, 15) is 5.11 Å². The predicted octanol–water partition coefficient (Wildman–Crippen LogP) is 3.28. The Morgan fingerprint density at radius 2 is 1.95 bits per heavy atom. The molecule has 1 aromatic heterocycles. The van der Waals surface area contributed by atoms with E-state index in [1.165, 1.54) is 0 Å². The van der Waals surface area contributed by atoms with E-state index in [4.69, 9.17) is 11.6 Å². The highest BCUT2D eigenvalue weighted by atomic mass is 35.5. The molecule has 0 spiro atoms. The van der Waals surface area contributed by atoms with Crippen molar-refractivity contribution in [3.05, 3.63) is 51.4 Å². The number of aromatic nitrogens is 1. The van der Waals surface area contributed by atoms with Crippen LogP contribution in [0.5, 0.6) is 0 Å². The number of hydrogen-bond donors (Lipinski definition) is 1. The Balaban J connectivity index is 1.63. The lowest BCUT2D eigenvalue weighted by Gasteiger charge is -2.38. The molecule has 0 unspecified atom stereocenters. The molecule has 0 atom stereocenters. The maximum atomic E-state index is 10.8. The van der Waals surface area contributed by atoms with Crippen molar-refractivity contribution in [3.8, 4) is 0 Å². The first-order valence-corrected chi connectivity index (χ1v) is 8.01. The zero-order valence-electron chi connectivity index (χ0n) is 11.1. The molecule has 1 aromatic carbocycles. The molecule has 1 aliphatic rings. The van der Waals surface area contributed by atoms with Crippen molar-refractivity contribution in [2.24, 2.45) is 0 Å². The largest absolute Gasteiger partial charge is 0.385 e. The third kappa shape index (κ3) is 3.04. The van der Waals surface area contributed by atoms with E-state index in [1.807, 2.05) is 35.8 Å². The molecule has 2 heterocycles. The predicted molar refractivity (Wildman–Crippen MR) is 82.0 cm³/mol. The highest BCUT2D eigenvalue weighted by Gasteiger charge is 2.33. The van der Waals surface area contributed by atoms with Crippen molar-refractivity contribution in [1.29, 1.82) is 0 Å². The molecule has 0 aliphatic carbocycles. The Morgan fingerprint density at radius 3 is 2.55 bits per heavy atom. The molecule has 1 saturated heterocycles. The van der Waals surface area contributed by atoms with Crippen molar-refractivity contribution in [3.63, 3.8) is 0 Å². The highest BCUT2D eigenvalue weighted by molar-refractivity contribution is 7.09. The zero-order valence-corrected chi connectivity index (χ0v) is 12.7. The average Bonchev–Trinajstić information content (AvgIpc) is 2.95. The van der Waals surface area contributed by atoms with E-state index in [-0.39, 0.29) is 0 Å². The SMILES string of the molecule is OC1(c2ccc(Cl)cc2)CCN(Cc2nccs2)CC1. The lowest BCUT2D eigenvalue weighted by molar-refractivity contribution is -0.0277. The van der Waals surface area contributed by atoms with Gasteiger partial charge in [-0.25, -0.2) is 4.98 Å². The molecule has 3 rings (SSSR count). The maximum absolute atomic E-state index is 10.8. The molecule has 0 saturated carbocycles.